The molecule has 0 spiro atoms. The molecule has 0 heterocycles. The zero-order valence-corrected chi connectivity index (χ0v) is 11.3. The van der Waals surface area contributed by atoms with E-state index < -0.39 is 17.8 Å². The Balaban J connectivity index is 2.94. The number of amides is 1. The second-order valence-electron chi connectivity index (χ2n) is 4.47. The summed E-state index contributed by atoms with van der Waals surface area (Å²) in [5.41, 5.74) is 0.568. The molecular formula is C14H18FNO3. The maximum absolute atomic E-state index is 12.9. The Labute approximate surface area is 111 Å². The first-order valence-corrected chi connectivity index (χ1v) is 6.18. The highest BCUT2D eigenvalue weighted by Crippen LogP contribution is 2.21. The topological polar surface area (TPSA) is 57.6 Å². The van der Waals surface area contributed by atoms with Crippen LogP contribution in [0.25, 0.3) is 0 Å². The first-order valence-electron chi connectivity index (χ1n) is 6.18. The number of hydrogen-bond acceptors (Lipinski definition) is 2. The Morgan fingerprint density at radius 1 is 1.21 bits per heavy atom. The number of rotatable bonds is 5. The molecule has 0 saturated heterocycles. The van der Waals surface area contributed by atoms with Crippen molar-refractivity contribution in [2.75, 3.05) is 11.4 Å². The van der Waals surface area contributed by atoms with Gasteiger partial charge in [0.25, 0.3) is 0 Å². The summed E-state index contributed by atoms with van der Waals surface area (Å²) in [6.07, 6.45) is 0. The zero-order valence-electron chi connectivity index (χ0n) is 11.3. The number of benzene rings is 1. The molecule has 0 aromatic heterocycles. The van der Waals surface area contributed by atoms with Crippen LogP contribution < -0.4 is 4.90 Å². The largest absolute Gasteiger partial charge is 0.481 e. The molecule has 4 nitrogen and oxygen atoms in total. The molecule has 2 unspecified atom stereocenters. The first-order chi connectivity index (χ1) is 8.88. The van der Waals surface area contributed by atoms with Crippen molar-refractivity contribution in [3.8, 4) is 0 Å². The fraction of sp³-hybridized carbons (Fsp3) is 0.429. The highest BCUT2D eigenvalue weighted by molar-refractivity contribution is 5.96. The number of carboxylic acid groups (broad SMARTS) is 1. The average molecular weight is 267 g/mol. The number of anilines is 1. The highest BCUT2D eigenvalue weighted by atomic mass is 19.1. The minimum absolute atomic E-state index is 0.274. The highest BCUT2D eigenvalue weighted by Gasteiger charge is 2.29. The average Bonchev–Trinajstić information content (AvgIpc) is 2.39. The number of nitrogens with zero attached hydrogens (tertiary/aromatic N) is 1. The lowest BCUT2D eigenvalue weighted by Gasteiger charge is -2.26. The molecule has 0 aliphatic rings. The van der Waals surface area contributed by atoms with Crippen molar-refractivity contribution >= 4 is 17.6 Å². The lowest BCUT2D eigenvalue weighted by atomic mass is 9.94. The summed E-state index contributed by atoms with van der Waals surface area (Å²) in [5, 5.41) is 8.94. The van der Waals surface area contributed by atoms with E-state index in [-0.39, 0.29) is 11.7 Å². The predicted octanol–water partition coefficient (Wildman–Crippen LogP) is 2.54. The number of carbonyl (C=O) groups excluding carboxylic acids is 1. The van der Waals surface area contributed by atoms with Crippen LogP contribution in [0, 0.1) is 17.7 Å². The van der Waals surface area contributed by atoms with E-state index in [2.05, 4.69) is 0 Å². The molecule has 1 aromatic carbocycles. The van der Waals surface area contributed by atoms with Gasteiger partial charge in [-0.05, 0) is 31.2 Å². The van der Waals surface area contributed by atoms with Gasteiger partial charge in [-0.3, -0.25) is 9.59 Å². The zero-order chi connectivity index (χ0) is 14.6. The van der Waals surface area contributed by atoms with Crippen molar-refractivity contribution < 1.29 is 19.1 Å². The molecule has 0 fully saturated rings. The van der Waals surface area contributed by atoms with Gasteiger partial charge in [0.1, 0.15) is 5.82 Å². The van der Waals surface area contributed by atoms with E-state index in [0.29, 0.717) is 12.2 Å². The van der Waals surface area contributed by atoms with E-state index in [9.17, 15) is 14.0 Å². The molecule has 5 heteroatoms. The Bertz CT molecular complexity index is 458. The quantitative estimate of drug-likeness (QED) is 0.891. The van der Waals surface area contributed by atoms with Gasteiger partial charge in [0.2, 0.25) is 5.91 Å². The fourth-order valence-corrected chi connectivity index (χ4v) is 1.76. The minimum atomic E-state index is -1.00. The molecule has 1 amide bonds. The third-order valence-electron chi connectivity index (χ3n) is 3.25. The third-order valence-corrected chi connectivity index (χ3v) is 3.25. The van der Waals surface area contributed by atoms with Crippen molar-refractivity contribution in [1.29, 1.82) is 0 Å². The van der Waals surface area contributed by atoms with Crippen LogP contribution >= 0.6 is 0 Å². The van der Waals surface area contributed by atoms with E-state index in [1.54, 1.807) is 13.8 Å². The lowest BCUT2D eigenvalue weighted by Crippen LogP contribution is -2.39. The van der Waals surface area contributed by atoms with Crippen molar-refractivity contribution in [3.63, 3.8) is 0 Å². The van der Waals surface area contributed by atoms with E-state index in [4.69, 9.17) is 5.11 Å². The Morgan fingerprint density at radius 2 is 1.74 bits per heavy atom. The molecule has 0 saturated carbocycles. The Hall–Kier alpha value is -1.91. The first kappa shape index (κ1) is 15.1. The van der Waals surface area contributed by atoms with Crippen molar-refractivity contribution in [2.45, 2.75) is 20.8 Å². The van der Waals surface area contributed by atoms with E-state index in [0.717, 1.165) is 0 Å². The normalized spacial score (nSPS) is 13.7. The second-order valence-corrected chi connectivity index (χ2v) is 4.47. The van der Waals surface area contributed by atoms with Crippen molar-refractivity contribution in [1.82, 2.24) is 0 Å². The van der Waals surface area contributed by atoms with Crippen LogP contribution in [0.2, 0.25) is 0 Å². The maximum Gasteiger partial charge on any atom is 0.307 e. The summed E-state index contributed by atoms with van der Waals surface area (Å²) in [6, 6.07) is 5.57. The summed E-state index contributed by atoms with van der Waals surface area (Å²) in [5.74, 6) is -3.05. The van der Waals surface area contributed by atoms with E-state index >= 15 is 0 Å². The number of carbonyl (C=O) groups is 2. The van der Waals surface area contributed by atoms with Gasteiger partial charge in [-0.25, -0.2) is 4.39 Å². The standard InChI is InChI=1S/C14H18FNO3/c1-4-16(12-7-5-11(15)6-8-12)13(17)9(2)10(3)14(18)19/h5-10H,4H2,1-3H3,(H,18,19). The van der Waals surface area contributed by atoms with Gasteiger partial charge >= 0.3 is 5.97 Å². The van der Waals surface area contributed by atoms with Gasteiger partial charge in [0, 0.05) is 18.2 Å². The van der Waals surface area contributed by atoms with Crippen molar-refractivity contribution in [2.24, 2.45) is 11.8 Å². The van der Waals surface area contributed by atoms with E-state index in [1.807, 2.05) is 0 Å². The second kappa shape index (κ2) is 6.31. The van der Waals surface area contributed by atoms with Crippen LogP contribution in [0.15, 0.2) is 24.3 Å². The number of aliphatic carboxylic acids is 1. The molecule has 2 atom stereocenters. The molecule has 0 radical (unpaired) electrons. The molecular weight excluding hydrogens is 249 g/mol. The van der Waals surface area contributed by atoms with Crippen LogP contribution in [0.3, 0.4) is 0 Å². The van der Waals surface area contributed by atoms with E-state index in [1.165, 1.54) is 36.1 Å². The van der Waals surface area contributed by atoms with Crippen LogP contribution in [0.4, 0.5) is 10.1 Å². The molecule has 0 bridgehead atoms. The molecule has 1 rings (SSSR count). The van der Waals surface area contributed by atoms with Crippen LogP contribution in [-0.4, -0.2) is 23.5 Å². The van der Waals surface area contributed by atoms with Gasteiger partial charge in [0.15, 0.2) is 0 Å². The van der Waals surface area contributed by atoms with Gasteiger partial charge in [-0.1, -0.05) is 13.8 Å². The van der Waals surface area contributed by atoms with Gasteiger partial charge in [-0.2, -0.15) is 0 Å². The SMILES string of the molecule is CCN(C(=O)C(C)C(C)C(=O)O)c1ccc(F)cc1. The molecule has 19 heavy (non-hydrogen) atoms. The fourth-order valence-electron chi connectivity index (χ4n) is 1.76. The number of carboxylic acids is 1. The van der Waals surface area contributed by atoms with Crippen LogP contribution in [0.1, 0.15) is 20.8 Å². The van der Waals surface area contributed by atoms with Gasteiger partial charge in [0.05, 0.1) is 5.92 Å². The predicted molar refractivity (Wildman–Crippen MR) is 70.4 cm³/mol. The smallest absolute Gasteiger partial charge is 0.307 e. The monoisotopic (exact) mass is 267 g/mol. The van der Waals surface area contributed by atoms with Crippen LogP contribution in [0.5, 0.6) is 0 Å². The molecule has 0 aliphatic heterocycles. The maximum atomic E-state index is 12.9. The van der Waals surface area contributed by atoms with Crippen LogP contribution in [-0.2, 0) is 9.59 Å². The van der Waals surface area contributed by atoms with Gasteiger partial charge in [-0.15, -0.1) is 0 Å². The summed E-state index contributed by atoms with van der Waals surface area (Å²) in [4.78, 5) is 24.7. The number of halogens is 1. The molecule has 104 valence electrons. The number of hydrogen-bond donors (Lipinski definition) is 1. The van der Waals surface area contributed by atoms with Crippen molar-refractivity contribution in [3.05, 3.63) is 30.1 Å². The summed E-state index contributed by atoms with van der Waals surface area (Å²) >= 11 is 0. The summed E-state index contributed by atoms with van der Waals surface area (Å²) < 4.78 is 12.9. The summed E-state index contributed by atoms with van der Waals surface area (Å²) in [7, 11) is 0. The van der Waals surface area contributed by atoms with Gasteiger partial charge < -0.3 is 10.0 Å². The summed E-state index contributed by atoms with van der Waals surface area (Å²) in [6.45, 7) is 5.29. The Morgan fingerprint density at radius 3 is 2.16 bits per heavy atom. The molecule has 1 N–H and O–H groups in total. The lowest BCUT2D eigenvalue weighted by molar-refractivity contribution is -0.145. The Kier molecular flexibility index (Phi) is 5.03. The molecule has 0 aliphatic carbocycles. The third kappa shape index (κ3) is 3.53. The minimum Gasteiger partial charge on any atom is -0.481 e. The molecule has 1 aromatic rings.